The van der Waals surface area contributed by atoms with Crippen LogP contribution in [0.5, 0.6) is 0 Å². The third-order valence-electron chi connectivity index (χ3n) is 4.99. The Morgan fingerprint density at radius 3 is 2.31 bits per heavy atom. The number of carbonyl (C=O) groups is 2. The summed E-state index contributed by atoms with van der Waals surface area (Å²) in [5, 5.41) is 2.65. The average Bonchev–Trinajstić information content (AvgIpc) is 2.72. The Labute approximate surface area is 187 Å². The van der Waals surface area contributed by atoms with Crippen molar-refractivity contribution in [2.75, 3.05) is 23.7 Å². The molecule has 2 rings (SSSR count). The van der Waals surface area contributed by atoms with Crippen molar-refractivity contribution in [2.24, 2.45) is 0 Å². The third kappa shape index (κ3) is 6.25. The van der Waals surface area contributed by atoms with Crippen molar-refractivity contribution in [3.05, 3.63) is 65.2 Å². The maximum absolute atomic E-state index is 13.7. The number of nitrogens with zero attached hydrogens (tertiary/aromatic N) is 2. The highest BCUT2D eigenvalue weighted by Crippen LogP contribution is 2.22. The predicted octanol–water partition coefficient (Wildman–Crippen LogP) is 2.59. The van der Waals surface area contributed by atoms with Crippen molar-refractivity contribution in [1.82, 2.24) is 10.2 Å². The minimum Gasteiger partial charge on any atom is -0.355 e. The molecule has 10 heteroatoms. The van der Waals surface area contributed by atoms with Gasteiger partial charge in [-0.25, -0.2) is 17.2 Å². The summed E-state index contributed by atoms with van der Waals surface area (Å²) in [5.41, 5.74) is 1.49. The van der Waals surface area contributed by atoms with Gasteiger partial charge in [-0.2, -0.15) is 0 Å². The maximum atomic E-state index is 13.7. The highest BCUT2D eigenvalue weighted by Gasteiger charge is 2.30. The Morgan fingerprint density at radius 2 is 1.75 bits per heavy atom. The standard InChI is InChI=1S/C22H27F2N3O4S/c1-5-25-22(29)16(3)26(13-17-9-7-6-8-15(17)2)21(28)14-27(32(4,30)31)18-10-11-19(23)20(24)12-18/h6-12,16H,5,13-14H2,1-4H3,(H,25,29)/t16-/m0/s1. The second-order valence-electron chi connectivity index (χ2n) is 7.39. The Kier molecular flexibility index (Phi) is 8.31. The van der Waals surface area contributed by atoms with Crippen LogP contribution in [0.2, 0.25) is 0 Å². The normalized spacial score (nSPS) is 12.2. The fourth-order valence-electron chi connectivity index (χ4n) is 3.13. The van der Waals surface area contributed by atoms with Gasteiger partial charge >= 0.3 is 0 Å². The van der Waals surface area contributed by atoms with Gasteiger partial charge in [0.15, 0.2) is 11.6 Å². The largest absolute Gasteiger partial charge is 0.355 e. The molecule has 0 spiro atoms. The lowest BCUT2D eigenvalue weighted by Gasteiger charge is -2.31. The van der Waals surface area contributed by atoms with Gasteiger partial charge in [0.2, 0.25) is 21.8 Å². The number of nitrogens with one attached hydrogen (secondary N) is 1. The molecular weight excluding hydrogens is 440 g/mol. The van der Waals surface area contributed by atoms with E-state index >= 15 is 0 Å². The van der Waals surface area contributed by atoms with E-state index in [1.807, 2.05) is 25.1 Å². The number of rotatable bonds is 9. The molecule has 0 unspecified atom stereocenters. The molecule has 0 fully saturated rings. The first-order chi connectivity index (χ1) is 15.0. The molecule has 0 radical (unpaired) electrons. The van der Waals surface area contributed by atoms with Gasteiger partial charge in [0, 0.05) is 19.2 Å². The number of sulfonamides is 1. The molecule has 32 heavy (non-hydrogen) atoms. The van der Waals surface area contributed by atoms with Crippen LogP contribution >= 0.6 is 0 Å². The van der Waals surface area contributed by atoms with E-state index in [0.29, 0.717) is 16.9 Å². The molecule has 0 aromatic heterocycles. The van der Waals surface area contributed by atoms with Crippen molar-refractivity contribution in [3.8, 4) is 0 Å². The second-order valence-corrected chi connectivity index (χ2v) is 9.29. The predicted molar refractivity (Wildman–Crippen MR) is 118 cm³/mol. The smallest absolute Gasteiger partial charge is 0.244 e. The van der Waals surface area contributed by atoms with Crippen LogP contribution in [-0.4, -0.2) is 50.5 Å². The first kappa shape index (κ1) is 25.3. The topological polar surface area (TPSA) is 86.8 Å². The van der Waals surface area contributed by atoms with Crippen molar-refractivity contribution >= 4 is 27.5 Å². The summed E-state index contributed by atoms with van der Waals surface area (Å²) < 4.78 is 52.5. The maximum Gasteiger partial charge on any atom is 0.244 e. The number of hydrogen-bond donors (Lipinski definition) is 1. The summed E-state index contributed by atoms with van der Waals surface area (Å²) in [6.07, 6.45) is 0.862. The minimum absolute atomic E-state index is 0.0686. The van der Waals surface area contributed by atoms with Gasteiger partial charge < -0.3 is 10.2 Å². The SMILES string of the molecule is CCNC(=O)[C@H](C)N(Cc1ccccc1C)C(=O)CN(c1ccc(F)c(F)c1)S(C)(=O)=O. The molecule has 0 heterocycles. The Bertz CT molecular complexity index is 1090. The van der Waals surface area contributed by atoms with Crippen LogP contribution in [0.3, 0.4) is 0 Å². The molecule has 174 valence electrons. The second kappa shape index (κ2) is 10.5. The number of hydrogen-bond acceptors (Lipinski definition) is 4. The summed E-state index contributed by atoms with van der Waals surface area (Å²) in [7, 11) is -4.02. The molecule has 2 amide bonds. The Balaban J connectivity index is 2.42. The molecule has 2 aromatic carbocycles. The lowest BCUT2D eigenvalue weighted by molar-refractivity contribution is -0.139. The summed E-state index contributed by atoms with van der Waals surface area (Å²) in [4.78, 5) is 27.0. The molecule has 0 saturated heterocycles. The number of halogens is 2. The lowest BCUT2D eigenvalue weighted by atomic mass is 10.1. The number of carbonyl (C=O) groups excluding carboxylic acids is 2. The van der Waals surface area contributed by atoms with Crippen LogP contribution in [0.25, 0.3) is 0 Å². The van der Waals surface area contributed by atoms with Gasteiger partial charge in [-0.05, 0) is 44.0 Å². The quantitative estimate of drug-likeness (QED) is 0.614. The summed E-state index contributed by atoms with van der Waals surface area (Å²) in [6, 6.07) is 8.99. The number of amides is 2. The zero-order valence-corrected chi connectivity index (χ0v) is 19.2. The van der Waals surface area contributed by atoms with Gasteiger partial charge in [-0.1, -0.05) is 24.3 Å². The van der Waals surface area contributed by atoms with Crippen molar-refractivity contribution in [1.29, 1.82) is 0 Å². The molecule has 7 nitrogen and oxygen atoms in total. The van der Waals surface area contributed by atoms with Gasteiger partial charge in [-0.3, -0.25) is 13.9 Å². The zero-order chi connectivity index (χ0) is 24.1. The van der Waals surface area contributed by atoms with E-state index in [2.05, 4.69) is 5.32 Å². The van der Waals surface area contributed by atoms with E-state index in [0.717, 1.165) is 29.5 Å². The molecule has 0 aliphatic carbocycles. The fourth-order valence-corrected chi connectivity index (χ4v) is 3.97. The van der Waals surface area contributed by atoms with E-state index in [1.54, 1.807) is 19.9 Å². The third-order valence-corrected chi connectivity index (χ3v) is 6.13. The monoisotopic (exact) mass is 467 g/mol. The van der Waals surface area contributed by atoms with Crippen LogP contribution < -0.4 is 9.62 Å². The van der Waals surface area contributed by atoms with Crippen molar-refractivity contribution in [2.45, 2.75) is 33.4 Å². The molecule has 0 bridgehead atoms. The van der Waals surface area contributed by atoms with Crippen LogP contribution in [-0.2, 0) is 26.2 Å². The van der Waals surface area contributed by atoms with Crippen LogP contribution in [0, 0.1) is 18.6 Å². The van der Waals surface area contributed by atoms with Gasteiger partial charge in [-0.15, -0.1) is 0 Å². The Hall–Kier alpha value is -3.01. The first-order valence-electron chi connectivity index (χ1n) is 10.00. The number of aryl methyl sites for hydroxylation is 1. The fraction of sp³-hybridized carbons (Fsp3) is 0.364. The number of likely N-dealkylation sites (N-methyl/N-ethyl adjacent to an activating group) is 1. The van der Waals surface area contributed by atoms with Crippen molar-refractivity contribution < 1.29 is 26.8 Å². The molecular formula is C22H27F2N3O4S. The molecule has 0 aliphatic rings. The summed E-state index contributed by atoms with van der Waals surface area (Å²) in [6.45, 7) is 4.90. The van der Waals surface area contributed by atoms with Gasteiger partial charge in [0.25, 0.3) is 0 Å². The highest BCUT2D eigenvalue weighted by molar-refractivity contribution is 7.92. The van der Waals surface area contributed by atoms with E-state index in [4.69, 9.17) is 0 Å². The van der Waals surface area contributed by atoms with E-state index in [9.17, 15) is 26.8 Å². The van der Waals surface area contributed by atoms with Crippen LogP contribution in [0.1, 0.15) is 25.0 Å². The van der Waals surface area contributed by atoms with Gasteiger partial charge in [0.1, 0.15) is 12.6 Å². The summed E-state index contributed by atoms with van der Waals surface area (Å²) in [5.74, 6) is -3.44. The molecule has 0 saturated carbocycles. The van der Waals surface area contributed by atoms with Crippen LogP contribution in [0.15, 0.2) is 42.5 Å². The Morgan fingerprint density at radius 1 is 1.09 bits per heavy atom. The molecule has 1 N–H and O–H groups in total. The molecule has 0 aliphatic heterocycles. The molecule has 1 atom stereocenters. The number of benzene rings is 2. The van der Waals surface area contributed by atoms with Crippen LogP contribution in [0.4, 0.5) is 14.5 Å². The highest BCUT2D eigenvalue weighted by atomic mass is 32.2. The average molecular weight is 468 g/mol. The van der Waals surface area contributed by atoms with Gasteiger partial charge in [0.05, 0.1) is 11.9 Å². The van der Waals surface area contributed by atoms with E-state index in [-0.39, 0.29) is 12.2 Å². The molecule has 2 aromatic rings. The number of anilines is 1. The zero-order valence-electron chi connectivity index (χ0n) is 18.4. The minimum atomic E-state index is -4.02. The summed E-state index contributed by atoms with van der Waals surface area (Å²) >= 11 is 0. The lowest BCUT2D eigenvalue weighted by Crippen LogP contribution is -2.51. The van der Waals surface area contributed by atoms with E-state index in [1.165, 1.54) is 4.90 Å². The first-order valence-corrected chi connectivity index (χ1v) is 11.8. The van der Waals surface area contributed by atoms with E-state index < -0.39 is 46.1 Å². The van der Waals surface area contributed by atoms with Crippen molar-refractivity contribution in [3.63, 3.8) is 0 Å².